The second-order valence-corrected chi connectivity index (χ2v) is 5.28. The molecule has 1 saturated heterocycles. The fraction of sp³-hybridized carbons (Fsp3) is 0.467. The van der Waals surface area contributed by atoms with E-state index in [0.717, 1.165) is 0 Å². The third kappa shape index (κ3) is 4.09. The van der Waals surface area contributed by atoms with Crippen molar-refractivity contribution in [1.82, 2.24) is 10.2 Å². The Bertz CT molecular complexity index is 550. The van der Waals surface area contributed by atoms with Crippen LogP contribution >= 0.6 is 0 Å². The predicted octanol–water partition coefficient (Wildman–Crippen LogP) is 1.55. The van der Waals surface area contributed by atoms with Crippen molar-refractivity contribution in [3.05, 3.63) is 30.1 Å². The molecule has 2 amide bonds. The molecule has 1 aliphatic rings. The summed E-state index contributed by atoms with van der Waals surface area (Å²) < 4.78 is 23.5. The van der Waals surface area contributed by atoms with Gasteiger partial charge in [-0.05, 0) is 26.0 Å². The number of ether oxygens (including phenoxy) is 2. The van der Waals surface area contributed by atoms with E-state index in [1.54, 1.807) is 11.0 Å². The summed E-state index contributed by atoms with van der Waals surface area (Å²) in [6.07, 6.45) is -0.760. The lowest BCUT2D eigenvalue weighted by Gasteiger charge is -2.16. The molecule has 1 N–H and O–H groups in total. The number of carbonyl (C=O) groups excluding carboxylic acids is 2. The van der Waals surface area contributed by atoms with Gasteiger partial charge < -0.3 is 19.7 Å². The summed E-state index contributed by atoms with van der Waals surface area (Å²) in [5.74, 6) is -0.897. The van der Waals surface area contributed by atoms with E-state index in [1.807, 2.05) is 13.8 Å². The van der Waals surface area contributed by atoms with Gasteiger partial charge in [-0.3, -0.25) is 4.79 Å². The van der Waals surface area contributed by atoms with Crippen LogP contribution in [0.1, 0.15) is 13.8 Å². The topological polar surface area (TPSA) is 67.9 Å². The lowest BCUT2D eigenvalue weighted by Crippen LogP contribution is -2.38. The highest BCUT2D eigenvalue weighted by Gasteiger charge is 2.32. The monoisotopic (exact) mass is 310 g/mol. The van der Waals surface area contributed by atoms with Gasteiger partial charge in [-0.2, -0.15) is 0 Å². The van der Waals surface area contributed by atoms with Crippen molar-refractivity contribution >= 4 is 12.0 Å². The van der Waals surface area contributed by atoms with Crippen LogP contribution in [-0.4, -0.2) is 48.7 Å². The first kappa shape index (κ1) is 16.1. The molecule has 2 rings (SSSR count). The molecule has 1 heterocycles. The zero-order valence-corrected chi connectivity index (χ0v) is 12.5. The highest BCUT2D eigenvalue weighted by molar-refractivity contribution is 5.77. The quantitative estimate of drug-likeness (QED) is 0.865. The molecule has 1 unspecified atom stereocenters. The number of nitrogens with zero attached hydrogens (tertiary/aromatic N) is 1. The van der Waals surface area contributed by atoms with Crippen molar-refractivity contribution < 1.29 is 23.5 Å². The summed E-state index contributed by atoms with van der Waals surface area (Å²) in [4.78, 5) is 24.8. The van der Waals surface area contributed by atoms with E-state index in [4.69, 9.17) is 9.47 Å². The maximum absolute atomic E-state index is 13.3. The van der Waals surface area contributed by atoms with Gasteiger partial charge in [0.05, 0.1) is 13.1 Å². The van der Waals surface area contributed by atoms with E-state index in [9.17, 15) is 14.0 Å². The summed E-state index contributed by atoms with van der Waals surface area (Å²) in [6, 6.07) is 5.91. The van der Waals surface area contributed by atoms with Crippen LogP contribution in [0.2, 0.25) is 0 Å². The number of amides is 2. The van der Waals surface area contributed by atoms with Gasteiger partial charge in [-0.15, -0.1) is 0 Å². The molecular formula is C15H19FN2O4. The molecule has 0 aliphatic carbocycles. The Morgan fingerprint density at radius 3 is 2.86 bits per heavy atom. The number of rotatable bonds is 6. The first-order chi connectivity index (χ1) is 10.5. The van der Waals surface area contributed by atoms with E-state index < -0.39 is 11.7 Å². The second-order valence-electron chi connectivity index (χ2n) is 5.28. The molecule has 120 valence electrons. The Morgan fingerprint density at radius 1 is 1.50 bits per heavy atom. The summed E-state index contributed by atoms with van der Waals surface area (Å²) in [5.41, 5.74) is 0. The molecule has 6 nitrogen and oxygen atoms in total. The van der Waals surface area contributed by atoms with Gasteiger partial charge in [0.1, 0.15) is 6.10 Å². The van der Waals surface area contributed by atoms with Gasteiger partial charge in [0.2, 0.25) is 0 Å². The fourth-order valence-electron chi connectivity index (χ4n) is 2.05. The summed E-state index contributed by atoms with van der Waals surface area (Å²) in [6.45, 7) is 4.13. The molecule has 1 aromatic carbocycles. The Morgan fingerprint density at radius 2 is 2.23 bits per heavy atom. The number of para-hydroxylation sites is 1. The molecular weight excluding hydrogens is 291 g/mol. The van der Waals surface area contributed by atoms with E-state index in [-0.39, 0.29) is 37.1 Å². The van der Waals surface area contributed by atoms with E-state index in [2.05, 4.69) is 5.32 Å². The summed E-state index contributed by atoms with van der Waals surface area (Å²) >= 11 is 0. The lowest BCUT2D eigenvalue weighted by molar-refractivity contribution is -0.123. The van der Waals surface area contributed by atoms with Crippen LogP contribution < -0.4 is 10.1 Å². The predicted molar refractivity (Wildman–Crippen MR) is 77.0 cm³/mol. The average molecular weight is 310 g/mol. The minimum absolute atomic E-state index is 0.0240. The molecule has 1 aliphatic heterocycles. The normalized spacial score (nSPS) is 17.5. The van der Waals surface area contributed by atoms with Crippen molar-refractivity contribution in [2.24, 2.45) is 0 Å². The fourth-order valence-corrected chi connectivity index (χ4v) is 2.05. The molecule has 0 radical (unpaired) electrons. The van der Waals surface area contributed by atoms with E-state index >= 15 is 0 Å². The number of halogens is 1. The van der Waals surface area contributed by atoms with Crippen LogP contribution in [0.15, 0.2) is 24.3 Å². The van der Waals surface area contributed by atoms with Crippen LogP contribution in [-0.2, 0) is 9.53 Å². The number of nitrogens with one attached hydrogen (secondary N) is 1. The number of cyclic esters (lactones) is 1. The first-order valence-corrected chi connectivity index (χ1v) is 7.08. The Balaban J connectivity index is 1.73. The molecule has 7 heteroatoms. The highest BCUT2D eigenvalue weighted by Crippen LogP contribution is 2.15. The Hall–Kier alpha value is -2.31. The smallest absolute Gasteiger partial charge is 0.410 e. The summed E-state index contributed by atoms with van der Waals surface area (Å²) in [7, 11) is 0. The van der Waals surface area contributed by atoms with Crippen LogP contribution in [0.3, 0.4) is 0 Å². The molecule has 1 aromatic rings. The van der Waals surface area contributed by atoms with Crippen LogP contribution in [0.4, 0.5) is 9.18 Å². The minimum atomic E-state index is -0.521. The SMILES string of the molecule is CC(C)N1CC(CNC(=O)COc2ccccc2F)OC1=O. The van der Waals surface area contributed by atoms with Crippen molar-refractivity contribution in [2.75, 3.05) is 19.7 Å². The van der Waals surface area contributed by atoms with Gasteiger partial charge in [0.15, 0.2) is 18.2 Å². The average Bonchev–Trinajstić information content (AvgIpc) is 2.85. The zero-order chi connectivity index (χ0) is 16.1. The first-order valence-electron chi connectivity index (χ1n) is 7.08. The van der Waals surface area contributed by atoms with Gasteiger partial charge in [0, 0.05) is 6.04 Å². The third-order valence-electron chi connectivity index (χ3n) is 3.25. The van der Waals surface area contributed by atoms with Crippen molar-refractivity contribution in [2.45, 2.75) is 26.0 Å². The van der Waals surface area contributed by atoms with Crippen LogP contribution in [0.25, 0.3) is 0 Å². The highest BCUT2D eigenvalue weighted by atomic mass is 19.1. The van der Waals surface area contributed by atoms with Gasteiger partial charge in [-0.1, -0.05) is 12.1 Å². The van der Waals surface area contributed by atoms with Gasteiger partial charge >= 0.3 is 6.09 Å². The van der Waals surface area contributed by atoms with Crippen molar-refractivity contribution in [3.8, 4) is 5.75 Å². The lowest BCUT2D eigenvalue weighted by atomic mass is 10.3. The van der Waals surface area contributed by atoms with Gasteiger partial charge in [-0.25, -0.2) is 9.18 Å². The zero-order valence-electron chi connectivity index (χ0n) is 12.5. The molecule has 0 bridgehead atoms. The van der Waals surface area contributed by atoms with Crippen molar-refractivity contribution in [1.29, 1.82) is 0 Å². The van der Waals surface area contributed by atoms with E-state index in [1.165, 1.54) is 18.2 Å². The molecule has 1 fully saturated rings. The molecule has 0 aromatic heterocycles. The number of benzene rings is 1. The van der Waals surface area contributed by atoms with E-state index in [0.29, 0.717) is 6.54 Å². The molecule has 1 atom stereocenters. The summed E-state index contributed by atoms with van der Waals surface area (Å²) in [5, 5.41) is 2.60. The number of hydrogen-bond acceptors (Lipinski definition) is 4. The number of hydrogen-bond donors (Lipinski definition) is 1. The Labute approximate surface area is 128 Å². The largest absolute Gasteiger partial charge is 0.481 e. The standard InChI is InChI=1S/C15H19FN2O4/c1-10(2)18-8-11(22-15(18)20)7-17-14(19)9-21-13-6-4-3-5-12(13)16/h3-6,10-11H,7-9H2,1-2H3,(H,17,19). The second kappa shape index (κ2) is 7.11. The molecule has 0 spiro atoms. The Kier molecular flexibility index (Phi) is 5.19. The maximum atomic E-state index is 13.3. The molecule has 0 saturated carbocycles. The number of carbonyl (C=O) groups is 2. The van der Waals surface area contributed by atoms with Crippen LogP contribution in [0.5, 0.6) is 5.75 Å². The van der Waals surface area contributed by atoms with Crippen molar-refractivity contribution in [3.63, 3.8) is 0 Å². The third-order valence-corrected chi connectivity index (χ3v) is 3.25. The van der Waals surface area contributed by atoms with Gasteiger partial charge in [0.25, 0.3) is 5.91 Å². The maximum Gasteiger partial charge on any atom is 0.410 e. The molecule has 22 heavy (non-hydrogen) atoms. The minimum Gasteiger partial charge on any atom is -0.481 e. The van der Waals surface area contributed by atoms with Crippen LogP contribution in [0, 0.1) is 5.82 Å².